The summed E-state index contributed by atoms with van der Waals surface area (Å²) in [5.74, 6) is 0.894. The van der Waals surface area contributed by atoms with Crippen molar-refractivity contribution >= 4 is 40.0 Å². The number of hydrogen-bond donors (Lipinski definition) is 3. The average Bonchev–Trinajstić information content (AvgIpc) is 3.17. The fraction of sp³-hybridized carbons (Fsp3) is 0.316. The molecule has 0 radical (unpaired) electrons. The molecule has 2 aromatic heterocycles. The standard InChI is InChI=1S/C19H21ClN6O/c20-13-3-5-14(6-4-13)22-10-17(27)26-9-1-2-15(11-26)25-19-16-7-8-21-18(16)23-12-24-19/h3-8,12,15,22H,1-2,9-11H2,(H2,21,23,24,25)/t15-/m0/s1. The van der Waals surface area contributed by atoms with Gasteiger partial charge in [0, 0.05) is 36.0 Å². The molecule has 0 spiro atoms. The number of rotatable bonds is 5. The highest BCUT2D eigenvalue weighted by molar-refractivity contribution is 6.30. The van der Waals surface area contributed by atoms with Gasteiger partial charge in [-0.15, -0.1) is 0 Å². The van der Waals surface area contributed by atoms with Gasteiger partial charge in [0.1, 0.15) is 17.8 Å². The number of piperidine rings is 1. The van der Waals surface area contributed by atoms with Crippen molar-refractivity contribution in [2.45, 2.75) is 18.9 Å². The molecular formula is C19H21ClN6O. The molecule has 0 unspecified atom stereocenters. The van der Waals surface area contributed by atoms with Crippen molar-refractivity contribution in [1.29, 1.82) is 0 Å². The number of hydrogen-bond acceptors (Lipinski definition) is 5. The maximum Gasteiger partial charge on any atom is 0.241 e. The van der Waals surface area contributed by atoms with E-state index in [-0.39, 0.29) is 18.5 Å². The quantitative estimate of drug-likeness (QED) is 0.629. The number of carbonyl (C=O) groups is 1. The summed E-state index contributed by atoms with van der Waals surface area (Å²) in [7, 11) is 0. The Balaban J connectivity index is 1.35. The van der Waals surface area contributed by atoms with Crippen LogP contribution < -0.4 is 10.6 Å². The number of aromatic amines is 1. The number of amides is 1. The first-order chi connectivity index (χ1) is 13.2. The highest BCUT2D eigenvalue weighted by Gasteiger charge is 2.24. The van der Waals surface area contributed by atoms with Gasteiger partial charge >= 0.3 is 0 Å². The molecule has 1 aliphatic heterocycles. The Kier molecular flexibility index (Phi) is 5.11. The molecule has 1 saturated heterocycles. The van der Waals surface area contributed by atoms with E-state index in [4.69, 9.17) is 11.6 Å². The van der Waals surface area contributed by atoms with Crippen molar-refractivity contribution in [3.05, 3.63) is 47.9 Å². The largest absolute Gasteiger partial charge is 0.376 e. The number of carbonyl (C=O) groups excluding carboxylic acids is 1. The minimum atomic E-state index is 0.0888. The molecule has 0 saturated carbocycles. The van der Waals surface area contributed by atoms with Gasteiger partial charge in [0.2, 0.25) is 5.91 Å². The summed E-state index contributed by atoms with van der Waals surface area (Å²) < 4.78 is 0. The van der Waals surface area contributed by atoms with Crippen LogP contribution in [0, 0.1) is 0 Å². The lowest BCUT2D eigenvalue weighted by molar-refractivity contribution is -0.130. The Bertz CT molecular complexity index is 925. The second-order valence-electron chi connectivity index (χ2n) is 6.65. The Hall–Kier alpha value is -2.80. The molecule has 3 aromatic rings. The van der Waals surface area contributed by atoms with Crippen LogP contribution in [0.2, 0.25) is 5.02 Å². The third-order valence-corrected chi connectivity index (χ3v) is 5.01. The van der Waals surface area contributed by atoms with Crippen LogP contribution in [0.3, 0.4) is 0 Å². The van der Waals surface area contributed by atoms with Crippen molar-refractivity contribution in [3.63, 3.8) is 0 Å². The smallest absolute Gasteiger partial charge is 0.241 e. The molecule has 1 amide bonds. The Morgan fingerprint density at radius 3 is 2.96 bits per heavy atom. The van der Waals surface area contributed by atoms with Crippen LogP contribution in [0.25, 0.3) is 11.0 Å². The molecule has 1 fully saturated rings. The molecule has 1 atom stereocenters. The van der Waals surface area contributed by atoms with E-state index >= 15 is 0 Å². The molecule has 0 bridgehead atoms. The zero-order valence-corrected chi connectivity index (χ0v) is 15.5. The molecule has 27 heavy (non-hydrogen) atoms. The van der Waals surface area contributed by atoms with Crippen molar-refractivity contribution in [2.24, 2.45) is 0 Å². The summed E-state index contributed by atoms with van der Waals surface area (Å²) in [4.78, 5) is 26.1. The second-order valence-corrected chi connectivity index (χ2v) is 7.08. The van der Waals surface area contributed by atoms with Crippen molar-refractivity contribution in [2.75, 3.05) is 30.3 Å². The normalized spacial score (nSPS) is 17.1. The minimum absolute atomic E-state index is 0.0888. The van der Waals surface area contributed by atoms with Crippen LogP contribution >= 0.6 is 11.6 Å². The summed E-state index contributed by atoms with van der Waals surface area (Å²) in [6.45, 7) is 1.71. The maximum absolute atomic E-state index is 12.6. The molecule has 140 valence electrons. The van der Waals surface area contributed by atoms with Crippen molar-refractivity contribution in [1.82, 2.24) is 19.9 Å². The van der Waals surface area contributed by atoms with Crippen LogP contribution in [-0.4, -0.2) is 51.4 Å². The average molecular weight is 385 g/mol. The molecule has 7 nitrogen and oxygen atoms in total. The minimum Gasteiger partial charge on any atom is -0.376 e. The van der Waals surface area contributed by atoms with Gasteiger partial charge in [-0.05, 0) is 43.2 Å². The topological polar surface area (TPSA) is 85.9 Å². The molecule has 1 aromatic carbocycles. The summed E-state index contributed by atoms with van der Waals surface area (Å²) in [6, 6.07) is 9.48. The van der Waals surface area contributed by atoms with Gasteiger partial charge in [-0.1, -0.05) is 11.6 Å². The number of fused-ring (bicyclic) bond motifs is 1. The zero-order chi connectivity index (χ0) is 18.6. The maximum atomic E-state index is 12.6. The highest BCUT2D eigenvalue weighted by Crippen LogP contribution is 2.21. The molecule has 3 N–H and O–H groups in total. The van der Waals surface area contributed by atoms with Gasteiger partial charge in [0.25, 0.3) is 0 Å². The fourth-order valence-electron chi connectivity index (χ4n) is 3.36. The summed E-state index contributed by atoms with van der Waals surface area (Å²) >= 11 is 5.89. The lowest BCUT2D eigenvalue weighted by Crippen LogP contribution is -2.47. The van der Waals surface area contributed by atoms with Gasteiger partial charge in [-0.3, -0.25) is 4.79 Å². The molecule has 8 heteroatoms. The van der Waals surface area contributed by atoms with E-state index in [9.17, 15) is 4.79 Å². The van der Waals surface area contributed by atoms with Crippen LogP contribution in [-0.2, 0) is 4.79 Å². The van der Waals surface area contributed by atoms with E-state index in [1.54, 1.807) is 18.5 Å². The van der Waals surface area contributed by atoms with Crippen LogP contribution in [0.15, 0.2) is 42.9 Å². The number of nitrogens with one attached hydrogen (secondary N) is 3. The van der Waals surface area contributed by atoms with Crippen LogP contribution in [0.5, 0.6) is 0 Å². The van der Waals surface area contributed by atoms with Crippen molar-refractivity contribution in [3.8, 4) is 0 Å². The van der Waals surface area contributed by atoms with Gasteiger partial charge in [-0.25, -0.2) is 9.97 Å². The number of benzene rings is 1. The molecule has 1 aliphatic rings. The van der Waals surface area contributed by atoms with E-state index in [1.807, 2.05) is 29.3 Å². The Morgan fingerprint density at radius 2 is 2.11 bits per heavy atom. The predicted molar refractivity (Wildman–Crippen MR) is 107 cm³/mol. The summed E-state index contributed by atoms with van der Waals surface area (Å²) in [6.07, 6.45) is 5.36. The van der Waals surface area contributed by atoms with Gasteiger partial charge < -0.3 is 20.5 Å². The monoisotopic (exact) mass is 384 g/mol. The molecular weight excluding hydrogens is 364 g/mol. The first kappa shape index (κ1) is 17.6. The number of halogens is 1. The number of anilines is 2. The number of likely N-dealkylation sites (tertiary alicyclic amines) is 1. The van der Waals surface area contributed by atoms with Gasteiger partial charge in [0.05, 0.1) is 11.9 Å². The van der Waals surface area contributed by atoms with E-state index < -0.39 is 0 Å². The summed E-state index contributed by atoms with van der Waals surface area (Å²) in [5.41, 5.74) is 1.69. The van der Waals surface area contributed by atoms with E-state index in [0.717, 1.165) is 41.9 Å². The van der Waals surface area contributed by atoms with Crippen LogP contribution in [0.1, 0.15) is 12.8 Å². The first-order valence-corrected chi connectivity index (χ1v) is 9.39. The van der Waals surface area contributed by atoms with Crippen LogP contribution in [0.4, 0.5) is 11.5 Å². The lowest BCUT2D eigenvalue weighted by Gasteiger charge is -2.33. The van der Waals surface area contributed by atoms with Crippen molar-refractivity contribution < 1.29 is 4.79 Å². The second kappa shape index (κ2) is 7.84. The van der Waals surface area contributed by atoms with Gasteiger partial charge in [0.15, 0.2) is 0 Å². The SMILES string of the molecule is O=C(CNc1ccc(Cl)cc1)N1CCC[C@H](Nc2ncnc3[nH]ccc23)C1. The third-order valence-electron chi connectivity index (χ3n) is 4.76. The number of aromatic nitrogens is 3. The predicted octanol–water partition coefficient (Wildman–Crippen LogP) is 3.13. The number of H-pyrrole nitrogens is 1. The molecule has 4 rings (SSSR count). The van der Waals surface area contributed by atoms with E-state index in [0.29, 0.717) is 11.6 Å². The summed E-state index contributed by atoms with van der Waals surface area (Å²) in [5, 5.41) is 8.28. The molecule has 3 heterocycles. The zero-order valence-electron chi connectivity index (χ0n) is 14.8. The van der Waals surface area contributed by atoms with E-state index in [1.165, 1.54) is 0 Å². The van der Waals surface area contributed by atoms with Gasteiger partial charge in [-0.2, -0.15) is 0 Å². The first-order valence-electron chi connectivity index (χ1n) is 9.01. The number of nitrogens with zero attached hydrogens (tertiary/aromatic N) is 3. The third kappa shape index (κ3) is 4.14. The Labute approximate surface area is 162 Å². The van der Waals surface area contributed by atoms with E-state index in [2.05, 4.69) is 25.6 Å². The fourth-order valence-corrected chi connectivity index (χ4v) is 3.49. The Morgan fingerprint density at radius 1 is 1.26 bits per heavy atom. The molecule has 0 aliphatic carbocycles. The lowest BCUT2D eigenvalue weighted by atomic mass is 10.1. The highest BCUT2D eigenvalue weighted by atomic mass is 35.5.